The van der Waals surface area contributed by atoms with Crippen LogP contribution >= 0.6 is 12.2 Å². The summed E-state index contributed by atoms with van der Waals surface area (Å²) < 4.78 is 48.2. The highest BCUT2D eigenvalue weighted by atomic mass is 32.1. The van der Waals surface area contributed by atoms with Gasteiger partial charge in [0, 0.05) is 24.3 Å². The van der Waals surface area contributed by atoms with Crippen LogP contribution in [0.5, 0.6) is 11.5 Å². The number of rotatable bonds is 8. The largest absolute Gasteiger partial charge is 0.573 e. The van der Waals surface area contributed by atoms with E-state index in [4.69, 9.17) is 17.0 Å². The van der Waals surface area contributed by atoms with Crippen molar-refractivity contribution in [2.75, 3.05) is 5.32 Å². The van der Waals surface area contributed by atoms with Gasteiger partial charge in [-0.25, -0.2) is 0 Å². The number of hydrogen-bond acceptors (Lipinski definition) is 6. The van der Waals surface area contributed by atoms with E-state index < -0.39 is 6.36 Å². The van der Waals surface area contributed by atoms with E-state index in [1.54, 1.807) is 24.1 Å². The number of ether oxygens (including phenoxy) is 2. The highest BCUT2D eigenvalue weighted by molar-refractivity contribution is 7.80. The van der Waals surface area contributed by atoms with Crippen LogP contribution in [0.4, 0.5) is 18.9 Å². The van der Waals surface area contributed by atoms with Crippen LogP contribution in [0.25, 0.3) is 10.9 Å². The number of aromatic nitrogens is 3. The molecular weight excluding hydrogens is 517 g/mol. The summed E-state index contributed by atoms with van der Waals surface area (Å²) in [5.74, 6) is 0.396. The molecule has 4 rings (SSSR count). The average Bonchev–Trinajstić information content (AvgIpc) is 3.17. The molecule has 0 aliphatic rings. The second-order valence-electron chi connectivity index (χ2n) is 8.57. The Bertz CT molecular complexity index is 1450. The standard InChI is InChI=1S/C26H25F3N6O2S/c1-16(2)20-6-4-5-7-22(20)32-25(38)33-31-13-17-12-24-21(14-30-17)23(34-35(24)3)15-36-18-8-10-19(11-9-18)37-26(27,28)29/h4-14,16H,15H2,1-3H3,(H2,32,33,38)/b31-13+. The minimum Gasteiger partial charge on any atom is -0.487 e. The number of aryl methyl sites for hydroxylation is 1. The Hall–Kier alpha value is -4.19. The van der Waals surface area contributed by atoms with Crippen molar-refractivity contribution in [2.24, 2.45) is 12.1 Å². The lowest BCUT2D eigenvalue weighted by Crippen LogP contribution is -2.24. The Kier molecular flexibility index (Phi) is 8.10. The molecule has 4 aromatic rings. The molecule has 2 aromatic carbocycles. The molecule has 0 aliphatic carbocycles. The number of benzene rings is 2. The van der Waals surface area contributed by atoms with Gasteiger partial charge in [0.2, 0.25) is 0 Å². The summed E-state index contributed by atoms with van der Waals surface area (Å²) in [5.41, 5.74) is 6.90. The predicted octanol–water partition coefficient (Wildman–Crippen LogP) is 5.89. The molecule has 0 fully saturated rings. The van der Waals surface area contributed by atoms with Gasteiger partial charge in [-0.05, 0) is 60.1 Å². The van der Waals surface area contributed by atoms with Crippen LogP contribution in [-0.4, -0.2) is 32.5 Å². The fraction of sp³-hybridized carbons (Fsp3) is 0.231. The van der Waals surface area contributed by atoms with E-state index in [9.17, 15) is 13.2 Å². The molecule has 0 atom stereocenters. The Morgan fingerprint density at radius 2 is 1.84 bits per heavy atom. The molecule has 8 nitrogen and oxygen atoms in total. The maximum Gasteiger partial charge on any atom is 0.573 e. The summed E-state index contributed by atoms with van der Waals surface area (Å²) in [5, 5.41) is 13.0. The second-order valence-corrected chi connectivity index (χ2v) is 8.98. The van der Waals surface area contributed by atoms with Crippen molar-refractivity contribution in [3.05, 3.63) is 77.7 Å². The van der Waals surface area contributed by atoms with Crippen molar-refractivity contribution in [1.82, 2.24) is 20.2 Å². The van der Waals surface area contributed by atoms with Crippen molar-refractivity contribution < 1.29 is 22.6 Å². The molecule has 0 saturated carbocycles. The normalized spacial score (nSPS) is 11.8. The van der Waals surface area contributed by atoms with Gasteiger partial charge >= 0.3 is 6.36 Å². The van der Waals surface area contributed by atoms with Gasteiger partial charge in [-0.2, -0.15) is 10.2 Å². The number of fused-ring (bicyclic) bond motifs is 1. The molecule has 38 heavy (non-hydrogen) atoms. The van der Waals surface area contributed by atoms with E-state index >= 15 is 0 Å². The molecule has 0 spiro atoms. The highest BCUT2D eigenvalue weighted by Gasteiger charge is 2.31. The molecule has 0 amide bonds. The zero-order chi connectivity index (χ0) is 27.3. The number of hydrazone groups is 1. The summed E-state index contributed by atoms with van der Waals surface area (Å²) >= 11 is 5.36. The highest BCUT2D eigenvalue weighted by Crippen LogP contribution is 2.26. The number of hydrogen-bond donors (Lipinski definition) is 2. The third-order valence-electron chi connectivity index (χ3n) is 5.46. The fourth-order valence-electron chi connectivity index (χ4n) is 3.73. The van der Waals surface area contributed by atoms with Gasteiger partial charge in [0.05, 0.1) is 17.4 Å². The maximum absolute atomic E-state index is 12.3. The number of pyridine rings is 1. The summed E-state index contributed by atoms with van der Waals surface area (Å²) in [6.07, 6.45) is -1.53. The van der Waals surface area contributed by atoms with Crippen molar-refractivity contribution >= 4 is 40.1 Å². The molecule has 12 heteroatoms. The third kappa shape index (κ3) is 6.97. The van der Waals surface area contributed by atoms with E-state index in [0.717, 1.165) is 22.2 Å². The van der Waals surface area contributed by atoms with Crippen LogP contribution in [0.3, 0.4) is 0 Å². The minimum atomic E-state index is -4.75. The quantitative estimate of drug-likeness (QED) is 0.163. The third-order valence-corrected chi connectivity index (χ3v) is 5.65. The molecule has 2 aromatic heterocycles. The zero-order valence-corrected chi connectivity index (χ0v) is 21.6. The van der Waals surface area contributed by atoms with Gasteiger partial charge in [-0.1, -0.05) is 32.0 Å². The van der Waals surface area contributed by atoms with E-state index in [2.05, 4.69) is 50.6 Å². The predicted molar refractivity (Wildman–Crippen MR) is 143 cm³/mol. The molecule has 0 radical (unpaired) electrons. The first kappa shape index (κ1) is 26.9. The number of nitrogens with zero attached hydrogens (tertiary/aromatic N) is 4. The first-order valence-corrected chi connectivity index (χ1v) is 12.0. The molecule has 0 aliphatic heterocycles. The van der Waals surface area contributed by atoms with E-state index in [0.29, 0.717) is 28.2 Å². The number of thiocarbonyl (C=S) groups is 1. The van der Waals surface area contributed by atoms with Gasteiger partial charge in [-0.3, -0.25) is 15.1 Å². The average molecular weight is 543 g/mol. The van der Waals surface area contributed by atoms with Crippen LogP contribution in [0.15, 0.2) is 65.9 Å². The summed E-state index contributed by atoms with van der Waals surface area (Å²) in [6, 6.07) is 14.9. The van der Waals surface area contributed by atoms with Crippen molar-refractivity contribution in [1.29, 1.82) is 0 Å². The number of alkyl halides is 3. The molecule has 2 heterocycles. The van der Waals surface area contributed by atoms with Crippen LogP contribution in [0.2, 0.25) is 0 Å². The van der Waals surface area contributed by atoms with Gasteiger partial charge in [0.25, 0.3) is 0 Å². The number of anilines is 1. The zero-order valence-electron chi connectivity index (χ0n) is 20.8. The lowest BCUT2D eigenvalue weighted by atomic mass is 10.0. The summed E-state index contributed by atoms with van der Waals surface area (Å²) in [6.45, 7) is 4.33. The van der Waals surface area contributed by atoms with Gasteiger partial charge < -0.3 is 14.8 Å². The van der Waals surface area contributed by atoms with Crippen LogP contribution in [-0.2, 0) is 13.7 Å². The fourth-order valence-corrected chi connectivity index (χ4v) is 3.89. The Morgan fingerprint density at radius 3 is 2.55 bits per heavy atom. The van der Waals surface area contributed by atoms with E-state index in [1.165, 1.54) is 24.3 Å². The summed E-state index contributed by atoms with van der Waals surface area (Å²) in [7, 11) is 1.79. The Morgan fingerprint density at radius 1 is 1.13 bits per heavy atom. The SMILES string of the molecule is CC(C)c1ccccc1NC(=S)N/N=C/c1cc2c(cn1)c(COc1ccc(OC(F)(F)F)cc1)nn2C. The second kappa shape index (κ2) is 11.5. The van der Waals surface area contributed by atoms with Gasteiger partial charge in [-0.15, -0.1) is 13.2 Å². The molecule has 0 bridgehead atoms. The lowest BCUT2D eigenvalue weighted by molar-refractivity contribution is -0.274. The number of para-hydroxylation sites is 1. The Labute approximate surface area is 222 Å². The molecule has 0 unspecified atom stereocenters. The minimum absolute atomic E-state index is 0.102. The van der Waals surface area contributed by atoms with Crippen LogP contribution in [0.1, 0.15) is 36.7 Å². The van der Waals surface area contributed by atoms with Crippen molar-refractivity contribution in [2.45, 2.75) is 32.7 Å². The molecule has 2 N–H and O–H groups in total. The first-order chi connectivity index (χ1) is 18.1. The first-order valence-electron chi connectivity index (χ1n) is 11.6. The van der Waals surface area contributed by atoms with Crippen molar-refractivity contribution in [3.63, 3.8) is 0 Å². The maximum atomic E-state index is 12.3. The van der Waals surface area contributed by atoms with Crippen LogP contribution in [0, 0.1) is 0 Å². The molecule has 0 saturated heterocycles. The monoisotopic (exact) mass is 542 g/mol. The van der Waals surface area contributed by atoms with Crippen molar-refractivity contribution in [3.8, 4) is 11.5 Å². The number of halogens is 3. The van der Waals surface area contributed by atoms with E-state index in [-0.39, 0.29) is 12.4 Å². The Balaban J connectivity index is 1.37. The molecular formula is C26H25F3N6O2S. The number of nitrogens with one attached hydrogen (secondary N) is 2. The lowest BCUT2D eigenvalue weighted by Gasteiger charge is -2.14. The smallest absolute Gasteiger partial charge is 0.487 e. The topological polar surface area (TPSA) is 85.6 Å². The molecule has 198 valence electrons. The summed E-state index contributed by atoms with van der Waals surface area (Å²) in [4.78, 5) is 4.41. The van der Waals surface area contributed by atoms with Gasteiger partial charge in [0.15, 0.2) is 5.11 Å². The van der Waals surface area contributed by atoms with Crippen LogP contribution < -0.4 is 20.2 Å². The van der Waals surface area contributed by atoms with E-state index in [1.807, 2.05) is 24.3 Å². The van der Waals surface area contributed by atoms with Gasteiger partial charge in [0.1, 0.15) is 23.8 Å².